The first-order chi connectivity index (χ1) is 16.3. The highest BCUT2D eigenvalue weighted by molar-refractivity contribution is 5.86. The van der Waals surface area contributed by atoms with E-state index < -0.39 is 24.0 Å². The van der Waals surface area contributed by atoms with E-state index in [4.69, 9.17) is 4.74 Å². The summed E-state index contributed by atoms with van der Waals surface area (Å²) < 4.78 is 5.62. The van der Waals surface area contributed by atoms with Crippen LogP contribution in [-0.2, 0) is 14.3 Å². The first-order valence-corrected chi connectivity index (χ1v) is 11.9. The zero-order chi connectivity index (χ0) is 24.4. The van der Waals surface area contributed by atoms with Crippen LogP contribution in [0.3, 0.4) is 0 Å². The van der Waals surface area contributed by atoms with E-state index in [2.05, 4.69) is 29.6 Å². The van der Waals surface area contributed by atoms with E-state index in [9.17, 15) is 19.5 Å². The molecule has 4 rings (SSSR count). The monoisotopic (exact) mass is 464 g/mol. The Morgan fingerprint density at radius 2 is 1.62 bits per heavy atom. The van der Waals surface area contributed by atoms with E-state index in [1.54, 1.807) is 4.90 Å². The maximum Gasteiger partial charge on any atom is 0.407 e. The van der Waals surface area contributed by atoms with Gasteiger partial charge in [-0.05, 0) is 40.5 Å². The van der Waals surface area contributed by atoms with Gasteiger partial charge in [0.2, 0.25) is 5.91 Å². The number of hydrogen-bond donors (Lipinski definition) is 2. The van der Waals surface area contributed by atoms with Gasteiger partial charge < -0.3 is 20.1 Å². The van der Waals surface area contributed by atoms with Gasteiger partial charge in [-0.25, -0.2) is 4.79 Å². The van der Waals surface area contributed by atoms with E-state index in [-0.39, 0.29) is 36.8 Å². The van der Waals surface area contributed by atoms with Gasteiger partial charge >= 0.3 is 12.1 Å². The quantitative estimate of drug-likeness (QED) is 0.671. The van der Waals surface area contributed by atoms with Crippen molar-refractivity contribution in [3.8, 4) is 11.1 Å². The standard InChI is InChI=1S/C27H32N2O5/c1-16(2)24(25(30)29-13-17(3)12-18(14-29)26(31)32)28-27(33)34-15-23-21-10-6-4-8-19(21)20-9-5-7-11-22(20)23/h4-11,16-18,23-24H,12-15H2,1-3H3,(H,28,33)(H,31,32)/t17?,18?,24-/m0/s1. The molecule has 2 unspecified atom stereocenters. The zero-order valence-electron chi connectivity index (χ0n) is 19.9. The molecule has 180 valence electrons. The van der Waals surface area contributed by atoms with Gasteiger partial charge in [0.1, 0.15) is 12.6 Å². The van der Waals surface area contributed by atoms with E-state index >= 15 is 0 Å². The van der Waals surface area contributed by atoms with Crippen molar-refractivity contribution in [3.05, 3.63) is 59.7 Å². The van der Waals surface area contributed by atoms with Crippen LogP contribution < -0.4 is 5.32 Å². The molecular weight excluding hydrogens is 432 g/mol. The highest BCUT2D eigenvalue weighted by atomic mass is 16.5. The molecule has 1 aliphatic heterocycles. The van der Waals surface area contributed by atoms with Gasteiger partial charge in [-0.3, -0.25) is 9.59 Å². The summed E-state index contributed by atoms with van der Waals surface area (Å²) in [5, 5.41) is 12.2. The first-order valence-electron chi connectivity index (χ1n) is 11.9. The van der Waals surface area contributed by atoms with Crippen molar-refractivity contribution in [2.75, 3.05) is 19.7 Å². The molecular formula is C27H32N2O5. The molecule has 1 heterocycles. The lowest BCUT2D eigenvalue weighted by Crippen LogP contribution is -2.55. The zero-order valence-corrected chi connectivity index (χ0v) is 19.9. The van der Waals surface area contributed by atoms with Gasteiger partial charge in [0.25, 0.3) is 0 Å². The number of fused-ring (bicyclic) bond motifs is 3. The minimum Gasteiger partial charge on any atom is -0.481 e. The summed E-state index contributed by atoms with van der Waals surface area (Å²) in [4.78, 5) is 39.1. The van der Waals surface area contributed by atoms with Gasteiger partial charge in [-0.2, -0.15) is 0 Å². The van der Waals surface area contributed by atoms with Crippen LogP contribution in [0.4, 0.5) is 4.79 Å². The van der Waals surface area contributed by atoms with E-state index in [1.807, 2.05) is 45.0 Å². The maximum absolute atomic E-state index is 13.2. The number of amides is 2. The fourth-order valence-corrected chi connectivity index (χ4v) is 5.19. The molecule has 7 heteroatoms. The Hall–Kier alpha value is -3.35. The number of nitrogens with one attached hydrogen (secondary N) is 1. The average molecular weight is 465 g/mol. The number of alkyl carbamates (subject to hydrolysis) is 1. The fourth-order valence-electron chi connectivity index (χ4n) is 5.19. The molecule has 2 N–H and O–H groups in total. The van der Waals surface area contributed by atoms with Crippen LogP contribution in [0.5, 0.6) is 0 Å². The second-order valence-corrected chi connectivity index (χ2v) is 9.81. The molecule has 1 aliphatic carbocycles. The van der Waals surface area contributed by atoms with Crippen LogP contribution in [0, 0.1) is 17.8 Å². The minimum absolute atomic E-state index is 0.0642. The van der Waals surface area contributed by atoms with E-state index in [1.165, 1.54) is 0 Å². The summed E-state index contributed by atoms with van der Waals surface area (Å²) in [7, 11) is 0. The van der Waals surface area contributed by atoms with Crippen LogP contribution in [0.1, 0.15) is 44.2 Å². The summed E-state index contributed by atoms with van der Waals surface area (Å²) in [6.07, 6.45) is -0.0978. The van der Waals surface area contributed by atoms with Crippen LogP contribution in [0.15, 0.2) is 48.5 Å². The Kier molecular flexibility index (Phi) is 6.91. The van der Waals surface area contributed by atoms with Crippen molar-refractivity contribution in [1.29, 1.82) is 0 Å². The molecule has 1 fully saturated rings. The Bertz CT molecular complexity index is 1040. The van der Waals surface area contributed by atoms with Gasteiger partial charge in [0, 0.05) is 19.0 Å². The lowest BCUT2D eigenvalue weighted by atomic mass is 9.89. The number of benzene rings is 2. The minimum atomic E-state index is -0.894. The van der Waals surface area contributed by atoms with Crippen molar-refractivity contribution in [3.63, 3.8) is 0 Å². The third kappa shape index (κ3) is 4.79. The van der Waals surface area contributed by atoms with Crippen LogP contribution in [0.2, 0.25) is 0 Å². The highest BCUT2D eigenvalue weighted by Gasteiger charge is 2.36. The molecule has 2 amide bonds. The van der Waals surface area contributed by atoms with Crippen molar-refractivity contribution >= 4 is 18.0 Å². The molecule has 2 aromatic carbocycles. The SMILES string of the molecule is CC1CC(C(=O)O)CN(C(=O)[C@@H](NC(=O)OCC2c3ccccc3-c3ccccc32)C(C)C)C1. The summed E-state index contributed by atoms with van der Waals surface area (Å²) in [6, 6.07) is 15.4. The summed E-state index contributed by atoms with van der Waals surface area (Å²) in [6.45, 7) is 6.47. The Morgan fingerprint density at radius 3 is 2.18 bits per heavy atom. The molecule has 1 saturated heterocycles. The van der Waals surface area contributed by atoms with Gasteiger partial charge in [0.05, 0.1) is 5.92 Å². The molecule has 0 spiro atoms. The normalized spacial score (nSPS) is 20.4. The Balaban J connectivity index is 1.42. The largest absolute Gasteiger partial charge is 0.481 e. The van der Waals surface area contributed by atoms with Gasteiger partial charge in [0.15, 0.2) is 0 Å². The third-order valence-electron chi connectivity index (χ3n) is 6.87. The lowest BCUT2D eigenvalue weighted by molar-refractivity contribution is -0.147. The number of carbonyl (C=O) groups excluding carboxylic acids is 2. The van der Waals surface area contributed by atoms with Crippen molar-refractivity contribution in [2.24, 2.45) is 17.8 Å². The number of rotatable bonds is 6. The molecule has 34 heavy (non-hydrogen) atoms. The average Bonchev–Trinajstić information content (AvgIpc) is 3.14. The second-order valence-electron chi connectivity index (χ2n) is 9.81. The van der Waals surface area contributed by atoms with Crippen LogP contribution in [-0.4, -0.2) is 53.7 Å². The first kappa shape index (κ1) is 23.8. The molecule has 0 bridgehead atoms. The number of likely N-dealkylation sites (tertiary alicyclic amines) is 1. The van der Waals surface area contributed by atoms with Crippen LogP contribution in [0.25, 0.3) is 11.1 Å². The molecule has 0 saturated carbocycles. The topological polar surface area (TPSA) is 95.9 Å². The lowest BCUT2D eigenvalue weighted by Gasteiger charge is -2.37. The third-order valence-corrected chi connectivity index (χ3v) is 6.87. The smallest absolute Gasteiger partial charge is 0.407 e. The number of carboxylic acids is 1. The van der Waals surface area contributed by atoms with Crippen molar-refractivity contribution in [2.45, 2.75) is 39.2 Å². The fraction of sp³-hybridized carbons (Fsp3) is 0.444. The molecule has 0 aromatic heterocycles. The molecule has 2 aromatic rings. The number of hydrogen-bond acceptors (Lipinski definition) is 4. The molecule has 0 radical (unpaired) electrons. The van der Waals surface area contributed by atoms with Crippen molar-refractivity contribution in [1.82, 2.24) is 10.2 Å². The Morgan fingerprint density at radius 1 is 1.03 bits per heavy atom. The Labute approximate surface area is 200 Å². The molecule has 2 aliphatic rings. The number of carbonyl (C=O) groups is 3. The van der Waals surface area contributed by atoms with Gasteiger partial charge in [-0.1, -0.05) is 69.3 Å². The molecule has 3 atom stereocenters. The summed E-state index contributed by atoms with van der Waals surface area (Å²) in [5.74, 6) is -1.90. The predicted molar refractivity (Wildman–Crippen MR) is 128 cm³/mol. The maximum atomic E-state index is 13.2. The van der Waals surface area contributed by atoms with Crippen LogP contribution >= 0.6 is 0 Å². The van der Waals surface area contributed by atoms with E-state index in [0.29, 0.717) is 13.0 Å². The highest BCUT2D eigenvalue weighted by Crippen LogP contribution is 2.44. The number of carboxylic acid groups (broad SMARTS) is 1. The second kappa shape index (κ2) is 9.87. The summed E-state index contributed by atoms with van der Waals surface area (Å²) in [5.41, 5.74) is 4.54. The predicted octanol–water partition coefficient (Wildman–Crippen LogP) is 4.12. The van der Waals surface area contributed by atoms with Gasteiger partial charge in [-0.15, -0.1) is 0 Å². The number of ether oxygens (including phenoxy) is 1. The summed E-state index contributed by atoms with van der Waals surface area (Å²) >= 11 is 0. The van der Waals surface area contributed by atoms with Crippen molar-refractivity contribution < 1.29 is 24.2 Å². The van der Waals surface area contributed by atoms with E-state index in [0.717, 1.165) is 22.3 Å². The number of piperidine rings is 1. The number of aliphatic carboxylic acids is 1. The number of nitrogens with zero attached hydrogens (tertiary/aromatic N) is 1. The molecule has 7 nitrogen and oxygen atoms in total.